The van der Waals surface area contributed by atoms with Gasteiger partial charge in [-0.05, 0) is 44.4 Å². The zero-order valence-corrected chi connectivity index (χ0v) is 10.9. The van der Waals surface area contributed by atoms with Crippen LogP contribution >= 0.6 is 0 Å². The fourth-order valence-corrected chi connectivity index (χ4v) is 1.90. The second-order valence-corrected chi connectivity index (χ2v) is 4.59. The van der Waals surface area contributed by atoms with E-state index in [-0.39, 0.29) is 6.61 Å². The molecular formula is C14H24N2O. The van der Waals surface area contributed by atoms with E-state index in [1.165, 1.54) is 5.69 Å². The minimum atomic E-state index is 0.276. The summed E-state index contributed by atoms with van der Waals surface area (Å²) in [7, 11) is 0. The first-order valence-corrected chi connectivity index (χ1v) is 6.35. The molecule has 3 nitrogen and oxygen atoms in total. The van der Waals surface area contributed by atoms with Crippen LogP contribution in [-0.2, 0) is 6.54 Å². The maximum absolute atomic E-state index is 8.82. The van der Waals surface area contributed by atoms with E-state index in [4.69, 9.17) is 10.8 Å². The summed E-state index contributed by atoms with van der Waals surface area (Å²) < 4.78 is 0. The molecule has 0 unspecified atom stereocenters. The number of anilines is 1. The molecule has 0 bridgehead atoms. The molecule has 1 aromatic carbocycles. The zero-order valence-electron chi connectivity index (χ0n) is 10.9. The summed E-state index contributed by atoms with van der Waals surface area (Å²) in [4.78, 5) is 2.36. The number of nitrogens with zero attached hydrogens (tertiary/aromatic N) is 1. The Bertz CT molecular complexity index is 309. The van der Waals surface area contributed by atoms with Gasteiger partial charge in [0, 0.05) is 31.4 Å². The molecule has 0 saturated carbocycles. The van der Waals surface area contributed by atoms with E-state index in [9.17, 15) is 0 Å². The number of hydrogen-bond acceptors (Lipinski definition) is 3. The van der Waals surface area contributed by atoms with E-state index >= 15 is 0 Å². The Kier molecular flexibility index (Phi) is 6.01. The maximum Gasteiger partial charge on any atom is 0.0431 e. The Morgan fingerprint density at radius 3 is 2.29 bits per heavy atom. The van der Waals surface area contributed by atoms with Crippen molar-refractivity contribution in [2.45, 2.75) is 39.3 Å². The van der Waals surface area contributed by atoms with Crippen molar-refractivity contribution in [3.8, 4) is 0 Å². The minimum Gasteiger partial charge on any atom is -0.396 e. The second kappa shape index (κ2) is 7.30. The number of benzene rings is 1. The van der Waals surface area contributed by atoms with Crippen LogP contribution in [0.25, 0.3) is 0 Å². The third-order valence-electron chi connectivity index (χ3n) is 2.93. The van der Waals surface area contributed by atoms with Crippen LogP contribution in [0.5, 0.6) is 0 Å². The lowest BCUT2D eigenvalue weighted by molar-refractivity contribution is 0.284. The Balaban J connectivity index is 2.68. The summed E-state index contributed by atoms with van der Waals surface area (Å²) in [6.07, 6.45) is 1.89. The number of hydrogen-bond donors (Lipinski definition) is 2. The van der Waals surface area contributed by atoms with Gasteiger partial charge in [-0.15, -0.1) is 0 Å². The molecule has 0 spiro atoms. The SMILES string of the molecule is CC(C)N(CCCCO)c1ccc(CN)cc1. The molecule has 1 aromatic rings. The fourth-order valence-electron chi connectivity index (χ4n) is 1.90. The van der Waals surface area contributed by atoms with E-state index in [0.717, 1.165) is 24.9 Å². The van der Waals surface area contributed by atoms with E-state index in [0.29, 0.717) is 12.6 Å². The van der Waals surface area contributed by atoms with Crippen molar-refractivity contribution >= 4 is 5.69 Å². The van der Waals surface area contributed by atoms with E-state index in [2.05, 4.69) is 43.0 Å². The van der Waals surface area contributed by atoms with Gasteiger partial charge < -0.3 is 15.7 Å². The number of rotatable bonds is 7. The topological polar surface area (TPSA) is 49.5 Å². The Labute approximate surface area is 104 Å². The highest BCUT2D eigenvalue weighted by Crippen LogP contribution is 2.18. The molecule has 0 saturated heterocycles. The van der Waals surface area contributed by atoms with Gasteiger partial charge in [0.25, 0.3) is 0 Å². The first-order chi connectivity index (χ1) is 8.19. The highest BCUT2D eigenvalue weighted by atomic mass is 16.2. The number of nitrogens with two attached hydrogens (primary N) is 1. The lowest BCUT2D eigenvalue weighted by Gasteiger charge is -2.29. The average molecular weight is 236 g/mol. The van der Waals surface area contributed by atoms with Crippen LogP contribution in [0.2, 0.25) is 0 Å². The molecule has 0 heterocycles. The summed E-state index contributed by atoms with van der Waals surface area (Å²) in [5, 5.41) is 8.82. The largest absolute Gasteiger partial charge is 0.396 e. The highest BCUT2D eigenvalue weighted by molar-refractivity contribution is 5.48. The van der Waals surface area contributed by atoms with Crippen LogP contribution in [0.1, 0.15) is 32.3 Å². The maximum atomic E-state index is 8.82. The van der Waals surface area contributed by atoms with Gasteiger partial charge in [0.2, 0.25) is 0 Å². The third-order valence-corrected chi connectivity index (χ3v) is 2.93. The Morgan fingerprint density at radius 1 is 1.18 bits per heavy atom. The summed E-state index contributed by atoms with van der Waals surface area (Å²) in [5.74, 6) is 0. The molecule has 0 amide bonds. The molecule has 0 aliphatic rings. The van der Waals surface area contributed by atoms with Gasteiger partial charge in [0.1, 0.15) is 0 Å². The molecule has 17 heavy (non-hydrogen) atoms. The van der Waals surface area contributed by atoms with Gasteiger partial charge in [-0.3, -0.25) is 0 Å². The summed E-state index contributed by atoms with van der Waals surface area (Å²) in [6, 6.07) is 8.88. The average Bonchev–Trinajstić information content (AvgIpc) is 2.34. The van der Waals surface area contributed by atoms with E-state index in [1.807, 2.05) is 0 Å². The quantitative estimate of drug-likeness (QED) is 0.713. The van der Waals surface area contributed by atoms with Crippen LogP contribution in [0.15, 0.2) is 24.3 Å². The molecule has 0 aromatic heterocycles. The summed E-state index contributed by atoms with van der Waals surface area (Å²) in [6.45, 7) is 6.23. The monoisotopic (exact) mass is 236 g/mol. The molecule has 3 N–H and O–H groups in total. The standard InChI is InChI=1S/C14H24N2O/c1-12(2)16(9-3-4-10-17)14-7-5-13(11-15)6-8-14/h5-8,12,17H,3-4,9-11,15H2,1-2H3. The van der Waals surface area contributed by atoms with Gasteiger partial charge in [-0.1, -0.05) is 12.1 Å². The van der Waals surface area contributed by atoms with Gasteiger partial charge in [0.15, 0.2) is 0 Å². The van der Waals surface area contributed by atoms with Crippen molar-refractivity contribution in [1.29, 1.82) is 0 Å². The van der Waals surface area contributed by atoms with Crippen LogP contribution in [0.3, 0.4) is 0 Å². The lowest BCUT2D eigenvalue weighted by Crippen LogP contribution is -2.31. The van der Waals surface area contributed by atoms with E-state index < -0.39 is 0 Å². The van der Waals surface area contributed by atoms with Crippen molar-refractivity contribution in [2.75, 3.05) is 18.1 Å². The number of aliphatic hydroxyl groups is 1. The first kappa shape index (κ1) is 14.0. The molecule has 96 valence electrons. The predicted molar refractivity (Wildman–Crippen MR) is 73.1 cm³/mol. The first-order valence-electron chi connectivity index (χ1n) is 6.35. The van der Waals surface area contributed by atoms with Gasteiger partial charge in [0.05, 0.1) is 0 Å². The molecule has 1 rings (SSSR count). The fraction of sp³-hybridized carbons (Fsp3) is 0.571. The van der Waals surface area contributed by atoms with Crippen molar-refractivity contribution < 1.29 is 5.11 Å². The molecule has 0 atom stereocenters. The van der Waals surface area contributed by atoms with Crippen molar-refractivity contribution in [3.05, 3.63) is 29.8 Å². The highest BCUT2D eigenvalue weighted by Gasteiger charge is 2.09. The lowest BCUT2D eigenvalue weighted by atomic mass is 10.1. The van der Waals surface area contributed by atoms with Crippen molar-refractivity contribution in [1.82, 2.24) is 0 Å². The summed E-state index contributed by atoms with van der Waals surface area (Å²) in [5.41, 5.74) is 7.98. The van der Waals surface area contributed by atoms with Crippen LogP contribution in [0.4, 0.5) is 5.69 Å². The second-order valence-electron chi connectivity index (χ2n) is 4.59. The normalized spacial score (nSPS) is 10.9. The third kappa shape index (κ3) is 4.36. The van der Waals surface area contributed by atoms with Gasteiger partial charge in [-0.25, -0.2) is 0 Å². The van der Waals surface area contributed by atoms with Gasteiger partial charge >= 0.3 is 0 Å². The zero-order chi connectivity index (χ0) is 12.7. The molecule has 0 radical (unpaired) electrons. The smallest absolute Gasteiger partial charge is 0.0431 e. The van der Waals surface area contributed by atoms with Crippen LogP contribution in [0, 0.1) is 0 Å². The van der Waals surface area contributed by atoms with Crippen LogP contribution in [-0.4, -0.2) is 24.3 Å². The number of aliphatic hydroxyl groups excluding tert-OH is 1. The van der Waals surface area contributed by atoms with E-state index in [1.54, 1.807) is 0 Å². The van der Waals surface area contributed by atoms with Crippen molar-refractivity contribution in [3.63, 3.8) is 0 Å². The van der Waals surface area contributed by atoms with Gasteiger partial charge in [-0.2, -0.15) is 0 Å². The minimum absolute atomic E-state index is 0.276. The molecule has 3 heteroatoms. The van der Waals surface area contributed by atoms with Crippen molar-refractivity contribution in [2.24, 2.45) is 5.73 Å². The molecular weight excluding hydrogens is 212 g/mol. The summed E-state index contributed by atoms with van der Waals surface area (Å²) >= 11 is 0. The Hall–Kier alpha value is -1.06. The molecule has 0 aliphatic carbocycles. The predicted octanol–water partition coefficient (Wildman–Crippen LogP) is 2.13. The number of unbranched alkanes of at least 4 members (excludes halogenated alkanes) is 1. The molecule has 0 aliphatic heterocycles. The van der Waals surface area contributed by atoms with Crippen LogP contribution < -0.4 is 10.6 Å². The Morgan fingerprint density at radius 2 is 1.82 bits per heavy atom. The molecule has 0 fully saturated rings.